The van der Waals surface area contributed by atoms with Crippen molar-refractivity contribution in [1.82, 2.24) is 9.13 Å². The van der Waals surface area contributed by atoms with Crippen LogP contribution >= 0.6 is 0 Å². The molecule has 12 rings (SSSR count). The molecule has 0 N–H and O–H groups in total. The molecule has 0 amide bonds. The van der Waals surface area contributed by atoms with E-state index in [1.807, 2.05) is 36.4 Å². The fourth-order valence-corrected chi connectivity index (χ4v) is 8.80. The molecule has 0 saturated heterocycles. The largest absolute Gasteiger partial charge is 0.455 e. The number of fused-ring (bicyclic) bond motifs is 14. The summed E-state index contributed by atoms with van der Waals surface area (Å²) in [5.74, 6) is 0. The molecule has 0 saturated carbocycles. The van der Waals surface area contributed by atoms with Gasteiger partial charge in [0.15, 0.2) is 0 Å². The Bertz CT molecular complexity index is 3570. The molecule has 4 heterocycles. The van der Waals surface area contributed by atoms with Crippen LogP contribution in [0.1, 0.15) is 5.56 Å². The van der Waals surface area contributed by atoms with Gasteiger partial charge in [0, 0.05) is 43.7 Å². The third-order valence-electron chi connectivity index (χ3n) is 11.1. The molecule has 0 aliphatic carbocycles. The molecule has 5 nitrogen and oxygen atoms in total. The van der Waals surface area contributed by atoms with E-state index in [0.29, 0.717) is 5.56 Å². The molecule has 0 fully saturated rings. The lowest BCUT2D eigenvalue weighted by Crippen LogP contribution is -1.96. The van der Waals surface area contributed by atoms with E-state index >= 15 is 0 Å². The Morgan fingerprint density at radius 3 is 1.44 bits per heavy atom. The Kier molecular flexibility index (Phi) is 5.78. The zero-order valence-electron chi connectivity index (χ0n) is 28.7. The molecule has 8 aromatic carbocycles. The van der Waals surface area contributed by atoms with Crippen LogP contribution < -0.4 is 0 Å². The van der Waals surface area contributed by atoms with Crippen molar-refractivity contribution in [3.05, 3.63) is 169 Å². The van der Waals surface area contributed by atoms with Gasteiger partial charge in [-0.3, -0.25) is 0 Å². The number of benzene rings is 8. The molecule has 0 unspecified atom stereocenters. The Morgan fingerprint density at radius 2 is 0.889 bits per heavy atom. The van der Waals surface area contributed by atoms with Crippen molar-refractivity contribution in [2.24, 2.45) is 0 Å². The molecule has 0 aliphatic rings. The van der Waals surface area contributed by atoms with E-state index in [1.54, 1.807) is 0 Å². The predicted molar refractivity (Wildman–Crippen MR) is 220 cm³/mol. The summed E-state index contributed by atoms with van der Waals surface area (Å²) < 4.78 is 17.6. The first-order valence-electron chi connectivity index (χ1n) is 18.1. The molecule has 0 aliphatic heterocycles. The van der Waals surface area contributed by atoms with Gasteiger partial charge in [-0.15, -0.1) is 0 Å². The van der Waals surface area contributed by atoms with Crippen LogP contribution in [0.5, 0.6) is 0 Å². The van der Waals surface area contributed by atoms with Crippen molar-refractivity contribution in [2.45, 2.75) is 0 Å². The van der Waals surface area contributed by atoms with E-state index in [2.05, 4.69) is 143 Å². The van der Waals surface area contributed by atoms with Crippen molar-refractivity contribution < 1.29 is 8.83 Å². The maximum Gasteiger partial charge on any atom is 0.145 e. The van der Waals surface area contributed by atoms with Gasteiger partial charge in [0.1, 0.15) is 22.3 Å². The molecular weight excluding hydrogens is 663 g/mol. The molecule has 5 heteroatoms. The quantitative estimate of drug-likeness (QED) is 0.185. The Hall–Kier alpha value is -7.55. The average Bonchev–Trinajstić information content (AvgIpc) is 3.98. The Morgan fingerprint density at radius 1 is 0.389 bits per heavy atom. The second-order valence-corrected chi connectivity index (χ2v) is 14.0. The van der Waals surface area contributed by atoms with Gasteiger partial charge in [-0.1, -0.05) is 84.9 Å². The summed E-state index contributed by atoms with van der Waals surface area (Å²) in [6, 6.07) is 59.3. The number of hydrogen-bond donors (Lipinski definition) is 0. The lowest BCUT2D eigenvalue weighted by Gasteiger charge is -2.13. The standard InChI is InChI=1S/C49H27N3O2/c50-28-29-25-31(27-33(26-29)52-41-14-6-2-12-39(41)47-43(52)24-22-37-35-10-4-8-16-45(35)54-49(37)47)30-17-19-32(20-18-30)51-40-13-5-1-11-38(40)46-42(51)23-21-36-34-9-3-7-15-44(34)53-48(36)46/h1-27H. The van der Waals surface area contributed by atoms with Gasteiger partial charge in [0.05, 0.1) is 44.5 Å². The van der Waals surface area contributed by atoms with E-state index in [1.165, 1.54) is 0 Å². The minimum atomic E-state index is 0.597. The molecule has 0 spiro atoms. The SMILES string of the molecule is N#Cc1cc(-c2ccc(-n3c4ccccc4c4c5oc6ccccc6c5ccc43)cc2)cc(-n2c3ccccc3c3c4oc5ccccc5c4ccc32)c1. The number of nitrogens with zero attached hydrogens (tertiary/aromatic N) is 3. The third-order valence-corrected chi connectivity index (χ3v) is 11.1. The normalized spacial score (nSPS) is 12.1. The minimum Gasteiger partial charge on any atom is -0.455 e. The Balaban J connectivity index is 1.03. The van der Waals surface area contributed by atoms with Gasteiger partial charge in [0.25, 0.3) is 0 Å². The van der Waals surface area contributed by atoms with Gasteiger partial charge >= 0.3 is 0 Å². The van der Waals surface area contributed by atoms with E-state index in [9.17, 15) is 5.26 Å². The van der Waals surface area contributed by atoms with Crippen LogP contribution in [0.2, 0.25) is 0 Å². The highest BCUT2D eigenvalue weighted by Gasteiger charge is 2.21. The molecule has 250 valence electrons. The summed E-state index contributed by atoms with van der Waals surface area (Å²) in [6.45, 7) is 0. The highest BCUT2D eigenvalue weighted by molar-refractivity contribution is 6.25. The maximum absolute atomic E-state index is 10.3. The van der Waals surface area contributed by atoms with Crippen molar-refractivity contribution in [2.75, 3.05) is 0 Å². The number of aromatic nitrogens is 2. The predicted octanol–water partition coefficient (Wildman–Crippen LogP) is 13.2. The minimum absolute atomic E-state index is 0.597. The summed E-state index contributed by atoms with van der Waals surface area (Å²) in [5, 5.41) is 19.2. The zero-order chi connectivity index (χ0) is 35.5. The first-order chi connectivity index (χ1) is 26.7. The first kappa shape index (κ1) is 29.1. The third kappa shape index (κ3) is 3.91. The number of nitriles is 1. The van der Waals surface area contributed by atoms with Crippen molar-refractivity contribution in [3.63, 3.8) is 0 Å². The average molecular weight is 690 g/mol. The fourth-order valence-electron chi connectivity index (χ4n) is 8.80. The van der Waals surface area contributed by atoms with Gasteiger partial charge in [0.2, 0.25) is 0 Å². The van der Waals surface area contributed by atoms with Crippen LogP contribution in [0.3, 0.4) is 0 Å². The maximum atomic E-state index is 10.3. The monoisotopic (exact) mass is 689 g/mol. The second kappa shape index (κ2) is 10.7. The summed E-state index contributed by atoms with van der Waals surface area (Å²) in [7, 11) is 0. The summed E-state index contributed by atoms with van der Waals surface area (Å²) >= 11 is 0. The Labute approximate surface area is 307 Å². The van der Waals surface area contributed by atoms with Gasteiger partial charge in [-0.05, 0) is 90.0 Å². The summed E-state index contributed by atoms with van der Waals surface area (Å²) in [4.78, 5) is 0. The molecule has 0 bridgehead atoms. The van der Waals surface area contributed by atoms with E-state index in [-0.39, 0.29) is 0 Å². The smallest absolute Gasteiger partial charge is 0.145 e. The van der Waals surface area contributed by atoms with Crippen molar-refractivity contribution in [3.8, 4) is 28.6 Å². The number of furan rings is 2. The van der Waals surface area contributed by atoms with Gasteiger partial charge < -0.3 is 18.0 Å². The van der Waals surface area contributed by atoms with Crippen LogP contribution in [0.15, 0.2) is 173 Å². The molecule has 12 aromatic rings. The molecule has 0 radical (unpaired) electrons. The van der Waals surface area contributed by atoms with Crippen LogP contribution in [0.25, 0.3) is 110 Å². The van der Waals surface area contributed by atoms with Crippen LogP contribution in [-0.4, -0.2) is 9.13 Å². The summed E-state index contributed by atoms with van der Waals surface area (Å²) in [6.07, 6.45) is 0. The zero-order valence-corrected chi connectivity index (χ0v) is 28.7. The molecule has 54 heavy (non-hydrogen) atoms. The number of para-hydroxylation sites is 4. The lowest BCUT2D eigenvalue weighted by atomic mass is 10.0. The van der Waals surface area contributed by atoms with Crippen LogP contribution in [0, 0.1) is 11.3 Å². The summed E-state index contributed by atoms with van der Waals surface area (Å²) in [5.41, 5.74) is 12.4. The number of hydrogen-bond acceptors (Lipinski definition) is 3. The first-order valence-corrected chi connectivity index (χ1v) is 18.1. The van der Waals surface area contributed by atoms with Crippen LogP contribution in [-0.2, 0) is 0 Å². The van der Waals surface area contributed by atoms with Crippen LogP contribution in [0.4, 0.5) is 0 Å². The molecule has 0 atom stereocenters. The van der Waals surface area contributed by atoms with E-state index in [4.69, 9.17) is 8.83 Å². The number of rotatable bonds is 3. The van der Waals surface area contributed by atoms with Gasteiger partial charge in [-0.2, -0.15) is 5.26 Å². The molecule has 4 aromatic heterocycles. The van der Waals surface area contributed by atoms with Crippen molar-refractivity contribution in [1.29, 1.82) is 5.26 Å². The van der Waals surface area contributed by atoms with Crippen molar-refractivity contribution >= 4 is 87.5 Å². The van der Waals surface area contributed by atoms with E-state index < -0.39 is 0 Å². The second-order valence-electron chi connectivity index (χ2n) is 14.0. The highest BCUT2D eigenvalue weighted by Crippen LogP contribution is 2.43. The molecular formula is C49H27N3O2. The van der Waals surface area contributed by atoms with E-state index in [0.717, 1.165) is 110 Å². The fraction of sp³-hybridized carbons (Fsp3) is 0. The lowest BCUT2D eigenvalue weighted by molar-refractivity contribution is 0.672. The topological polar surface area (TPSA) is 59.9 Å². The van der Waals surface area contributed by atoms with Gasteiger partial charge in [-0.25, -0.2) is 0 Å². The highest BCUT2D eigenvalue weighted by atomic mass is 16.3.